The molecular weight excluding hydrogens is 289 g/mol. The van der Waals surface area contributed by atoms with E-state index in [1.54, 1.807) is 13.8 Å². The van der Waals surface area contributed by atoms with Gasteiger partial charge in [0.1, 0.15) is 17.5 Å². The van der Waals surface area contributed by atoms with Gasteiger partial charge in [-0.15, -0.1) is 0 Å². The van der Waals surface area contributed by atoms with Crippen molar-refractivity contribution in [3.8, 4) is 0 Å². The Labute approximate surface area is 119 Å². The molecule has 1 rings (SSSR count). The zero-order valence-corrected chi connectivity index (χ0v) is 11.4. The normalized spacial score (nSPS) is 12.1. The standard InChI is InChI=1S/C13H15F3N2O3/c1-6(2)3-10(12(19)20)17-13(21)18-11-8(15)4-7(14)5-9(11)16/h4-6,10H,3H2,1-2H3,(H,19,20)(H2,17,18,21). The first-order valence-electron chi connectivity index (χ1n) is 6.15. The average molecular weight is 304 g/mol. The Morgan fingerprint density at radius 3 is 2.14 bits per heavy atom. The number of benzene rings is 1. The molecule has 0 fully saturated rings. The summed E-state index contributed by atoms with van der Waals surface area (Å²) < 4.78 is 39.4. The van der Waals surface area contributed by atoms with Gasteiger partial charge < -0.3 is 15.7 Å². The fourth-order valence-corrected chi connectivity index (χ4v) is 1.66. The van der Waals surface area contributed by atoms with E-state index in [2.05, 4.69) is 5.32 Å². The van der Waals surface area contributed by atoms with Crippen LogP contribution in [0.15, 0.2) is 12.1 Å². The lowest BCUT2D eigenvalue weighted by molar-refractivity contribution is -0.139. The summed E-state index contributed by atoms with van der Waals surface area (Å²) >= 11 is 0. The van der Waals surface area contributed by atoms with E-state index in [9.17, 15) is 22.8 Å². The molecule has 5 nitrogen and oxygen atoms in total. The van der Waals surface area contributed by atoms with Crippen molar-refractivity contribution < 1.29 is 27.9 Å². The van der Waals surface area contributed by atoms with Gasteiger partial charge in [-0.25, -0.2) is 22.8 Å². The van der Waals surface area contributed by atoms with E-state index in [0.717, 1.165) is 0 Å². The largest absolute Gasteiger partial charge is 0.480 e. The number of rotatable bonds is 5. The van der Waals surface area contributed by atoms with Crippen LogP contribution in [0, 0.1) is 23.4 Å². The highest BCUT2D eigenvalue weighted by atomic mass is 19.1. The third-order valence-corrected chi connectivity index (χ3v) is 2.56. The van der Waals surface area contributed by atoms with E-state index >= 15 is 0 Å². The second kappa shape index (κ2) is 6.96. The smallest absolute Gasteiger partial charge is 0.326 e. The van der Waals surface area contributed by atoms with Crippen LogP contribution in [0.2, 0.25) is 0 Å². The van der Waals surface area contributed by atoms with Crippen LogP contribution in [-0.2, 0) is 4.79 Å². The fraction of sp³-hybridized carbons (Fsp3) is 0.385. The highest BCUT2D eigenvalue weighted by Gasteiger charge is 2.22. The molecule has 0 aliphatic heterocycles. The minimum Gasteiger partial charge on any atom is -0.480 e. The van der Waals surface area contributed by atoms with Gasteiger partial charge in [-0.3, -0.25) is 0 Å². The Kier molecular flexibility index (Phi) is 5.57. The Morgan fingerprint density at radius 1 is 1.19 bits per heavy atom. The summed E-state index contributed by atoms with van der Waals surface area (Å²) in [7, 11) is 0. The van der Waals surface area contributed by atoms with Crippen molar-refractivity contribution in [2.45, 2.75) is 26.3 Å². The number of aliphatic carboxylic acids is 1. The molecule has 1 aromatic rings. The van der Waals surface area contributed by atoms with Crippen LogP contribution in [-0.4, -0.2) is 23.1 Å². The molecule has 2 amide bonds. The van der Waals surface area contributed by atoms with Gasteiger partial charge in [0, 0.05) is 12.1 Å². The van der Waals surface area contributed by atoms with E-state index in [0.29, 0.717) is 12.1 Å². The summed E-state index contributed by atoms with van der Waals surface area (Å²) in [4.78, 5) is 22.5. The topological polar surface area (TPSA) is 78.4 Å². The molecule has 1 atom stereocenters. The summed E-state index contributed by atoms with van der Waals surface area (Å²) in [5.41, 5.74) is -0.845. The number of halogens is 3. The second-order valence-corrected chi connectivity index (χ2v) is 4.86. The van der Waals surface area contributed by atoms with Gasteiger partial charge >= 0.3 is 12.0 Å². The number of carboxylic acid groups (broad SMARTS) is 1. The van der Waals surface area contributed by atoms with Gasteiger partial charge in [-0.05, 0) is 12.3 Å². The maximum Gasteiger partial charge on any atom is 0.326 e. The molecule has 0 saturated carbocycles. The number of hydrogen-bond donors (Lipinski definition) is 3. The van der Waals surface area contributed by atoms with Gasteiger partial charge in [0.25, 0.3) is 0 Å². The molecule has 0 bridgehead atoms. The lowest BCUT2D eigenvalue weighted by Gasteiger charge is -2.17. The Hall–Kier alpha value is -2.25. The number of amides is 2. The third kappa shape index (κ3) is 4.97. The van der Waals surface area contributed by atoms with Crippen molar-refractivity contribution >= 4 is 17.7 Å². The predicted molar refractivity (Wildman–Crippen MR) is 69.3 cm³/mol. The molecule has 8 heteroatoms. The maximum absolute atomic E-state index is 13.3. The molecule has 0 heterocycles. The number of carboxylic acids is 1. The predicted octanol–water partition coefficient (Wildman–Crippen LogP) is 2.72. The molecule has 1 unspecified atom stereocenters. The number of urea groups is 1. The maximum atomic E-state index is 13.3. The number of nitrogens with one attached hydrogen (secondary N) is 2. The first-order chi connectivity index (χ1) is 9.70. The molecule has 0 aliphatic carbocycles. The van der Waals surface area contributed by atoms with E-state index in [1.807, 2.05) is 5.32 Å². The van der Waals surface area contributed by atoms with Gasteiger partial charge in [0.15, 0.2) is 11.6 Å². The molecular formula is C13H15F3N2O3. The zero-order valence-electron chi connectivity index (χ0n) is 11.4. The Bertz CT molecular complexity index is 526. The van der Waals surface area contributed by atoms with Gasteiger partial charge in [0.2, 0.25) is 0 Å². The molecule has 0 saturated heterocycles. The molecule has 0 aliphatic rings. The summed E-state index contributed by atoms with van der Waals surface area (Å²) in [6.45, 7) is 3.52. The number of hydrogen-bond acceptors (Lipinski definition) is 2. The quantitative estimate of drug-likeness (QED) is 0.782. The molecule has 3 N–H and O–H groups in total. The van der Waals surface area contributed by atoms with E-state index in [4.69, 9.17) is 5.11 Å². The average Bonchev–Trinajstić information content (AvgIpc) is 2.32. The second-order valence-electron chi connectivity index (χ2n) is 4.86. The first kappa shape index (κ1) is 16.8. The number of anilines is 1. The van der Waals surface area contributed by atoms with Crippen LogP contribution in [0.5, 0.6) is 0 Å². The number of carbonyl (C=O) groups excluding carboxylic acids is 1. The minimum absolute atomic E-state index is 0.00862. The monoisotopic (exact) mass is 304 g/mol. The third-order valence-electron chi connectivity index (χ3n) is 2.56. The fourth-order valence-electron chi connectivity index (χ4n) is 1.66. The highest BCUT2D eigenvalue weighted by molar-refractivity contribution is 5.92. The highest BCUT2D eigenvalue weighted by Crippen LogP contribution is 2.20. The van der Waals surface area contributed by atoms with Crippen molar-refractivity contribution in [1.82, 2.24) is 5.32 Å². The Balaban J connectivity index is 2.79. The van der Waals surface area contributed by atoms with Gasteiger partial charge in [-0.2, -0.15) is 0 Å². The summed E-state index contributed by atoms with van der Waals surface area (Å²) in [6.07, 6.45) is 0.150. The van der Waals surface area contributed by atoms with Gasteiger partial charge in [-0.1, -0.05) is 13.8 Å². The molecule has 0 aromatic heterocycles. The van der Waals surface area contributed by atoms with Crippen LogP contribution >= 0.6 is 0 Å². The zero-order chi connectivity index (χ0) is 16.2. The summed E-state index contributed by atoms with van der Waals surface area (Å²) in [5.74, 6) is -4.99. The summed E-state index contributed by atoms with van der Waals surface area (Å²) in [6, 6.07) is -1.48. The number of carbonyl (C=O) groups is 2. The van der Waals surface area contributed by atoms with Gasteiger partial charge in [0.05, 0.1) is 0 Å². The van der Waals surface area contributed by atoms with E-state index in [-0.39, 0.29) is 12.3 Å². The van der Waals surface area contributed by atoms with Crippen molar-refractivity contribution in [2.24, 2.45) is 5.92 Å². The lowest BCUT2D eigenvalue weighted by atomic mass is 10.0. The van der Waals surface area contributed by atoms with Crippen LogP contribution in [0.3, 0.4) is 0 Å². The van der Waals surface area contributed by atoms with Crippen molar-refractivity contribution in [3.63, 3.8) is 0 Å². The SMILES string of the molecule is CC(C)CC(NC(=O)Nc1c(F)cc(F)cc1F)C(=O)O. The molecule has 116 valence electrons. The van der Waals surface area contributed by atoms with Crippen LogP contribution < -0.4 is 10.6 Å². The van der Waals surface area contributed by atoms with Crippen LogP contribution in [0.25, 0.3) is 0 Å². The van der Waals surface area contributed by atoms with E-state index < -0.39 is 41.2 Å². The summed E-state index contributed by atoms with van der Waals surface area (Å²) in [5, 5.41) is 12.9. The van der Waals surface area contributed by atoms with Crippen molar-refractivity contribution in [2.75, 3.05) is 5.32 Å². The van der Waals surface area contributed by atoms with Crippen molar-refractivity contribution in [1.29, 1.82) is 0 Å². The molecule has 0 spiro atoms. The van der Waals surface area contributed by atoms with E-state index in [1.165, 1.54) is 0 Å². The van der Waals surface area contributed by atoms with Crippen molar-refractivity contribution in [3.05, 3.63) is 29.6 Å². The lowest BCUT2D eigenvalue weighted by Crippen LogP contribution is -2.44. The Morgan fingerprint density at radius 2 is 1.71 bits per heavy atom. The van der Waals surface area contributed by atoms with Crippen LogP contribution in [0.1, 0.15) is 20.3 Å². The minimum atomic E-state index is -1.29. The molecule has 1 aromatic carbocycles. The van der Waals surface area contributed by atoms with Crippen LogP contribution in [0.4, 0.5) is 23.7 Å². The molecule has 21 heavy (non-hydrogen) atoms. The molecule has 0 radical (unpaired) electrons. The first-order valence-corrected chi connectivity index (χ1v) is 6.15.